The molecule has 0 amide bonds. The third-order valence-electron chi connectivity index (χ3n) is 5.25. The van der Waals surface area contributed by atoms with Crippen molar-refractivity contribution in [2.24, 2.45) is 12.0 Å². The maximum absolute atomic E-state index is 4.73. The van der Waals surface area contributed by atoms with Gasteiger partial charge in [0.05, 0.1) is 6.54 Å². The summed E-state index contributed by atoms with van der Waals surface area (Å²) >= 11 is 1.73. The van der Waals surface area contributed by atoms with E-state index in [1.165, 1.54) is 26.9 Å². The van der Waals surface area contributed by atoms with Crippen LogP contribution in [0, 0.1) is 13.8 Å². The lowest BCUT2D eigenvalue weighted by Gasteiger charge is -2.12. The largest absolute Gasteiger partial charge is 0.361 e. The second-order valence-corrected chi connectivity index (χ2v) is 8.34. The van der Waals surface area contributed by atoms with Crippen LogP contribution in [0.25, 0.3) is 10.9 Å². The molecule has 4 aromatic rings. The van der Waals surface area contributed by atoms with Crippen molar-refractivity contribution in [3.63, 3.8) is 0 Å². The van der Waals surface area contributed by atoms with Gasteiger partial charge in [-0.3, -0.25) is 0 Å². The first kappa shape index (κ1) is 23.3. The number of nitrogens with one attached hydrogen (secondary N) is 3. The van der Waals surface area contributed by atoms with Crippen molar-refractivity contribution in [3.05, 3.63) is 69.6 Å². The number of hydrogen-bond donors (Lipinski definition) is 3. The van der Waals surface area contributed by atoms with Crippen LogP contribution in [0.2, 0.25) is 0 Å². The third-order valence-corrected chi connectivity index (χ3v) is 6.13. The first-order valence-corrected chi connectivity index (χ1v) is 10.9. The molecule has 4 rings (SSSR count). The number of aromatic amines is 1. The Labute approximate surface area is 203 Å². The lowest BCUT2D eigenvalue weighted by atomic mass is 10.1. The molecule has 0 fully saturated rings. The molecule has 3 heterocycles. The van der Waals surface area contributed by atoms with E-state index >= 15 is 0 Å². The number of rotatable bonds is 7. The minimum atomic E-state index is 0. The SMILES string of the molecule is Cc1cccc2[nH]cc(CCNC(=NCc3nnc(C)n3C)NCc3cccs3)c12.I. The van der Waals surface area contributed by atoms with Gasteiger partial charge in [0, 0.05) is 35.6 Å². The number of hydrogen-bond acceptors (Lipinski definition) is 4. The van der Waals surface area contributed by atoms with Gasteiger partial charge in [0.1, 0.15) is 12.4 Å². The summed E-state index contributed by atoms with van der Waals surface area (Å²) in [6.07, 6.45) is 3.02. The molecule has 0 atom stereocenters. The Morgan fingerprint density at radius 2 is 2.03 bits per heavy atom. The summed E-state index contributed by atoms with van der Waals surface area (Å²) in [6.45, 7) is 6.11. The van der Waals surface area contributed by atoms with Crippen LogP contribution < -0.4 is 10.6 Å². The van der Waals surface area contributed by atoms with E-state index in [4.69, 9.17) is 4.99 Å². The predicted molar refractivity (Wildman–Crippen MR) is 138 cm³/mol. The Morgan fingerprint density at radius 3 is 2.77 bits per heavy atom. The highest BCUT2D eigenvalue weighted by Crippen LogP contribution is 2.22. The molecule has 0 aliphatic carbocycles. The molecule has 0 unspecified atom stereocenters. The topological polar surface area (TPSA) is 82.9 Å². The first-order chi connectivity index (χ1) is 14.6. The standard InChI is InChI=1S/C22H27N7S.HI/c1-15-6-4-8-19-21(15)17(12-24-19)9-10-23-22(25-13-18-7-5-11-30-18)26-14-20-28-27-16(2)29(20)3;/h4-8,11-12,24H,9-10,13-14H2,1-3H3,(H2,23,25,26);1H. The van der Waals surface area contributed by atoms with Gasteiger partial charge >= 0.3 is 0 Å². The van der Waals surface area contributed by atoms with Gasteiger partial charge in [-0.2, -0.15) is 0 Å². The molecule has 9 heteroatoms. The average molecular weight is 549 g/mol. The van der Waals surface area contributed by atoms with Crippen molar-refractivity contribution in [2.75, 3.05) is 6.54 Å². The molecular weight excluding hydrogens is 521 g/mol. The van der Waals surface area contributed by atoms with E-state index < -0.39 is 0 Å². The van der Waals surface area contributed by atoms with Crippen molar-refractivity contribution in [2.45, 2.75) is 33.4 Å². The number of benzene rings is 1. The molecular formula is C22H28IN7S. The Morgan fingerprint density at radius 1 is 1.16 bits per heavy atom. The molecule has 0 spiro atoms. The highest BCUT2D eigenvalue weighted by atomic mass is 127. The number of nitrogens with zero attached hydrogens (tertiary/aromatic N) is 4. The number of aromatic nitrogens is 4. The molecule has 0 saturated heterocycles. The average Bonchev–Trinajstić information content (AvgIpc) is 3.47. The monoisotopic (exact) mass is 549 g/mol. The summed E-state index contributed by atoms with van der Waals surface area (Å²) < 4.78 is 1.97. The van der Waals surface area contributed by atoms with Crippen LogP contribution in [0.4, 0.5) is 0 Å². The second kappa shape index (κ2) is 10.8. The van der Waals surface area contributed by atoms with Crippen LogP contribution in [0.1, 0.15) is 27.7 Å². The van der Waals surface area contributed by atoms with Gasteiger partial charge in [-0.15, -0.1) is 45.5 Å². The zero-order valence-electron chi connectivity index (χ0n) is 18.0. The molecule has 0 aliphatic rings. The molecule has 3 N–H and O–H groups in total. The molecule has 0 saturated carbocycles. The van der Waals surface area contributed by atoms with Crippen LogP contribution in [0.3, 0.4) is 0 Å². The van der Waals surface area contributed by atoms with Gasteiger partial charge < -0.3 is 20.2 Å². The van der Waals surface area contributed by atoms with Crippen molar-refractivity contribution < 1.29 is 0 Å². The highest BCUT2D eigenvalue weighted by Gasteiger charge is 2.08. The molecule has 0 bridgehead atoms. The fraction of sp³-hybridized carbons (Fsp3) is 0.318. The van der Waals surface area contributed by atoms with E-state index in [2.05, 4.69) is 74.6 Å². The number of thiophene rings is 1. The van der Waals surface area contributed by atoms with E-state index in [1.54, 1.807) is 11.3 Å². The van der Waals surface area contributed by atoms with Gasteiger partial charge in [-0.1, -0.05) is 18.2 Å². The van der Waals surface area contributed by atoms with Crippen molar-refractivity contribution in [1.82, 2.24) is 30.4 Å². The smallest absolute Gasteiger partial charge is 0.192 e. The van der Waals surface area contributed by atoms with Gasteiger partial charge in [-0.05, 0) is 48.9 Å². The Hall–Kier alpha value is -2.40. The molecule has 1 aromatic carbocycles. The fourth-order valence-electron chi connectivity index (χ4n) is 3.46. The van der Waals surface area contributed by atoms with E-state index in [9.17, 15) is 0 Å². The first-order valence-electron chi connectivity index (χ1n) is 10.1. The zero-order valence-corrected chi connectivity index (χ0v) is 21.1. The van der Waals surface area contributed by atoms with Crippen LogP contribution in [0.5, 0.6) is 0 Å². The van der Waals surface area contributed by atoms with Crippen LogP contribution in [-0.4, -0.2) is 32.3 Å². The number of aliphatic imine (C=N–C) groups is 1. The number of aryl methyl sites for hydroxylation is 2. The molecule has 31 heavy (non-hydrogen) atoms. The quantitative estimate of drug-likeness (QED) is 0.185. The summed E-state index contributed by atoms with van der Waals surface area (Å²) in [4.78, 5) is 9.38. The van der Waals surface area contributed by atoms with E-state index in [-0.39, 0.29) is 24.0 Å². The Kier molecular flexibility index (Phi) is 8.08. The van der Waals surface area contributed by atoms with Gasteiger partial charge in [0.15, 0.2) is 11.8 Å². The summed E-state index contributed by atoms with van der Waals surface area (Å²) in [7, 11) is 1.96. The van der Waals surface area contributed by atoms with Crippen LogP contribution in [-0.2, 0) is 26.6 Å². The van der Waals surface area contributed by atoms with Gasteiger partial charge in [0.2, 0.25) is 0 Å². The predicted octanol–water partition coefficient (Wildman–Crippen LogP) is 4.07. The maximum Gasteiger partial charge on any atom is 0.192 e. The van der Waals surface area contributed by atoms with Crippen LogP contribution >= 0.6 is 35.3 Å². The zero-order chi connectivity index (χ0) is 20.9. The van der Waals surface area contributed by atoms with E-state index in [0.717, 1.165) is 37.1 Å². The molecule has 7 nitrogen and oxygen atoms in total. The van der Waals surface area contributed by atoms with Crippen molar-refractivity contribution >= 4 is 52.2 Å². The fourth-order valence-corrected chi connectivity index (χ4v) is 4.11. The minimum absolute atomic E-state index is 0. The molecule has 0 aliphatic heterocycles. The van der Waals surface area contributed by atoms with E-state index in [0.29, 0.717) is 6.54 Å². The number of H-pyrrole nitrogens is 1. The third kappa shape index (κ3) is 5.65. The number of fused-ring (bicyclic) bond motifs is 1. The summed E-state index contributed by atoms with van der Waals surface area (Å²) in [6, 6.07) is 10.6. The summed E-state index contributed by atoms with van der Waals surface area (Å²) in [5, 5.41) is 18.6. The molecule has 3 aromatic heterocycles. The highest BCUT2D eigenvalue weighted by molar-refractivity contribution is 14.0. The van der Waals surface area contributed by atoms with Gasteiger partial charge in [-0.25, -0.2) is 4.99 Å². The van der Waals surface area contributed by atoms with Crippen molar-refractivity contribution in [1.29, 1.82) is 0 Å². The lowest BCUT2D eigenvalue weighted by Crippen LogP contribution is -2.38. The maximum atomic E-state index is 4.73. The number of halogens is 1. The molecule has 0 radical (unpaired) electrons. The Balaban J connectivity index is 0.00000272. The summed E-state index contributed by atoms with van der Waals surface area (Å²) in [5.74, 6) is 2.51. The van der Waals surface area contributed by atoms with Gasteiger partial charge in [0.25, 0.3) is 0 Å². The normalized spacial score (nSPS) is 11.5. The van der Waals surface area contributed by atoms with Crippen LogP contribution in [0.15, 0.2) is 46.9 Å². The molecule has 164 valence electrons. The minimum Gasteiger partial charge on any atom is -0.361 e. The summed E-state index contributed by atoms with van der Waals surface area (Å²) in [5.41, 5.74) is 3.80. The van der Waals surface area contributed by atoms with Crippen molar-refractivity contribution in [3.8, 4) is 0 Å². The van der Waals surface area contributed by atoms with E-state index in [1.807, 2.05) is 18.5 Å². The second-order valence-electron chi connectivity index (χ2n) is 7.31. The number of guanidine groups is 1. The Bertz CT molecular complexity index is 1140. The lowest BCUT2D eigenvalue weighted by molar-refractivity contribution is 0.750.